The van der Waals surface area contributed by atoms with Crippen molar-refractivity contribution in [3.63, 3.8) is 0 Å². The number of nitrogens with one attached hydrogen (secondary N) is 1. The summed E-state index contributed by atoms with van der Waals surface area (Å²) in [5.74, 6) is 3.06. The van der Waals surface area contributed by atoms with Gasteiger partial charge in [-0.2, -0.15) is 11.8 Å². The first-order valence-corrected chi connectivity index (χ1v) is 6.95. The van der Waals surface area contributed by atoms with E-state index in [1.165, 1.54) is 0 Å². The number of carbonyl (C=O) groups excluding carboxylic acids is 1. The third-order valence-electron chi connectivity index (χ3n) is 3.29. The average Bonchev–Trinajstić information content (AvgIpc) is 2.58. The molecule has 2 saturated heterocycles. The van der Waals surface area contributed by atoms with Crippen molar-refractivity contribution in [1.82, 2.24) is 10.2 Å². The van der Waals surface area contributed by atoms with E-state index < -0.39 is 0 Å². The summed E-state index contributed by atoms with van der Waals surface area (Å²) in [6.45, 7) is 6.31. The van der Waals surface area contributed by atoms with Crippen LogP contribution in [-0.2, 0) is 4.79 Å². The third kappa shape index (κ3) is 2.48. The summed E-state index contributed by atoms with van der Waals surface area (Å²) in [6.07, 6.45) is 1.16. The molecule has 15 heavy (non-hydrogen) atoms. The van der Waals surface area contributed by atoms with Crippen molar-refractivity contribution in [3.05, 3.63) is 0 Å². The van der Waals surface area contributed by atoms with E-state index in [1.807, 2.05) is 11.8 Å². The Kier molecular flexibility index (Phi) is 3.57. The zero-order chi connectivity index (χ0) is 10.8. The highest BCUT2D eigenvalue weighted by Crippen LogP contribution is 2.24. The van der Waals surface area contributed by atoms with E-state index in [0.717, 1.165) is 31.0 Å². The zero-order valence-corrected chi connectivity index (χ0v) is 10.3. The smallest absolute Gasteiger partial charge is 0.240 e. The van der Waals surface area contributed by atoms with Gasteiger partial charge in [0.05, 0.1) is 6.04 Å². The van der Waals surface area contributed by atoms with Gasteiger partial charge in [0.1, 0.15) is 0 Å². The molecule has 86 valence electrons. The van der Waals surface area contributed by atoms with Crippen LogP contribution in [0.4, 0.5) is 0 Å². The lowest BCUT2D eigenvalue weighted by atomic mass is 10.1. The molecule has 2 aliphatic heterocycles. The highest BCUT2D eigenvalue weighted by atomic mass is 32.2. The van der Waals surface area contributed by atoms with Crippen LogP contribution in [0.5, 0.6) is 0 Å². The maximum absolute atomic E-state index is 12.2. The summed E-state index contributed by atoms with van der Waals surface area (Å²) in [6, 6.07) is 0.498. The number of hydrogen-bond acceptors (Lipinski definition) is 3. The molecule has 0 radical (unpaired) electrons. The van der Waals surface area contributed by atoms with Crippen LogP contribution in [0.2, 0.25) is 0 Å². The van der Waals surface area contributed by atoms with Crippen LogP contribution >= 0.6 is 11.8 Å². The van der Waals surface area contributed by atoms with Gasteiger partial charge in [0.25, 0.3) is 0 Å². The second-order valence-electron chi connectivity index (χ2n) is 4.76. The van der Waals surface area contributed by atoms with Gasteiger partial charge < -0.3 is 10.2 Å². The van der Waals surface area contributed by atoms with E-state index in [4.69, 9.17) is 0 Å². The molecule has 0 bridgehead atoms. The van der Waals surface area contributed by atoms with E-state index >= 15 is 0 Å². The van der Waals surface area contributed by atoms with Gasteiger partial charge in [-0.15, -0.1) is 0 Å². The van der Waals surface area contributed by atoms with Gasteiger partial charge in [-0.05, 0) is 19.3 Å². The van der Waals surface area contributed by atoms with E-state index in [0.29, 0.717) is 17.9 Å². The van der Waals surface area contributed by atoms with Crippen molar-refractivity contribution < 1.29 is 4.79 Å². The summed E-state index contributed by atoms with van der Waals surface area (Å²) in [7, 11) is 0. The number of amides is 1. The molecule has 4 heteroatoms. The Labute approximate surface area is 96.0 Å². The van der Waals surface area contributed by atoms with E-state index in [1.54, 1.807) is 0 Å². The second-order valence-corrected chi connectivity index (χ2v) is 5.91. The van der Waals surface area contributed by atoms with Crippen molar-refractivity contribution in [2.75, 3.05) is 24.6 Å². The fourth-order valence-electron chi connectivity index (χ4n) is 2.53. The molecule has 0 aromatic rings. The molecule has 3 unspecified atom stereocenters. The molecule has 0 saturated carbocycles. The number of nitrogens with zero attached hydrogens (tertiary/aromatic N) is 1. The summed E-state index contributed by atoms with van der Waals surface area (Å²) in [5, 5.41) is 3.32. The van der Waals surface area contributed by atoms with Crippen LogP contribution in [0, 0.1) is 5.92 Å². The van der Waals surface area contributed by atoms with Crippen LogP contribution < -0.4 is 5.32 Å². The molecule has 3 nitrogen and oxygen atoms in total. The molecular formula is C11H20N2OS. The van der Waals surface area contributed by atoms with Gasteiger partial charge in [-0.25, -0.2) is 0 Å². The van der Waals surface area contributed by atoms with Gasteiger partial charge in [-0.3, -0.25) is 4.79 Å². The van der Waals surface area contributed by atoms with Gasteiger partial charge >= 0.3 is 0 Å². The predicted octanol–water partition coefficient (Wildman–Crippen LogP) is 0.948. The number of likely N-dealkylation sites (tertiary alicyclic amines) is 1. The molecule has 2 heterocycles. The fourth-order valence-corrected chi connectivity index (χ4v) is 3.46. The number of thioether (sulfide) groups is 1. The molecule has 2 rings (SSSR count). The van der Waals surface area contributed by atoms with Crippen molar-refractivity contribution >= 4 is 17.7 Å². The van der Waals surface area contributed by atoms with Crippen molar-refractivity contribution in [2.45, 2.75) is 32.4 Å². The Morgan fingerprint density at radius 1 is 1.47 bits per heavy atom. The minimum atomic E-state index is 0.0662. The van der Waals surface area contributed by atoms with Gasteiger partial charge in [0.15, 0.2) is 0 Å². The first-order valence-electron chi connectivity index (χ1n) is 5.80. The topological polar surface area (TPSA) is 32.3 Å². The minimum Gasteiger partial charge on any atom is -0.338 e. The lowest BCUT2D eigenvalue weighted by molar-refractivity contribution is -0.133. The molecule has 0 spiro atoms. The normalized spacial score (nSPS) is 36.9. The summed E-state index contributed by atoms with van der Waals surface area (Å²) < 4.78 is 0. The molecule has 0 aliphatic carbocycles. The lowest BCUT2D eigenvalue weighted by Crippen LogP contribution is -2.51. The van der Waals surface area contributed by atoms with E-state index in [2.05, 4.69) is 24.1 Å². The van der Waals surface area contributed by atoms with Crippen molar-refractivity contribution in [1.29, 1.82) is 0 Å². The molecule has 1 N–H and O–H groups in total. The Morgan fingerprint density at radius 2 is 2.27 bits per heavy atom. The Hall–Kier alpha value is -0.220. The minimum absolute atomic E-state index is 0.0662. The second kappa shape index (κ2) is 4.74. The maximum Gasteiger partial charge on any atom is 0.240 e. The molecule has 2 aliphatic rings. The first kappa shape index (κ1) is 11.3. The van der Waals surface area contributed by atoms with Gasteiger partial charge in [0, 0.05) is 30.6 Å². The summed E-state index contributed by atoms with van der Waals surface area (Å²) in [5.41, 5.74) is 0. The quantitative estimate of drug-likeness (QED) is 0.725. The highest BCUT2D eigenvalue weighted by molar-refractivity contribution is 7.99. The van der Waals surface area contributed by atoms with E-state index in [-0.39, 0.29) is 6.04 Å². The molecule has 1 amide bonds. The van der Waals surface area contributed by atoms with E-state index in [9.17, 15) is 4.79 Å². The third-order valence-corrected chi connectivity index (χ3v) is 4.35. The first-order chi connectivity index (χ1) is 7.18. The van der Waals surface area contributed by atoms with Crippen molar-refractivity contribution in [3.8, 4) is 0 Å². The van der Waals surface area contributed by atoms with Crippen LogP contribution in [-0.4, -0.2) is 47.5 Å². The molecule has 0 aromatic heterocycles. The maximum atomic E-state index is 12.2. The monoisotopic (exact) mass is 228 g/mol. The van der Waals surface area contributed by atoms with Crippen LogP contribution in [0.3, 0.4) is 0 Å². The van der Waals surface area contributed by atoms with Crippen LogP contribution in [0.1, 0.15) is 20.3 Å². The van der Waals surface area contributed by atoms with Crippen LogP contribution in [0.15, 0.2) is 0 Å². The molecular weight excluding hydrogens is 208 g/mol. The van der Waals surface area contributed by atoms with Gasteiger partial charge in [0.2, 0.25) is 5.91 Å². The Balaban J connectivity index is 1.94. The lowest BCUT2D eigenvalue weighted by Gasteiger charge is -2.29. The van der Waals surface area contributed by atoms with Crippen LogP contribution in [0.25, 0.3) is 0 Å². The van der Waals surface area contributed by atoms with Crippen molar-refractivity contribution in [2.24, 2.45) is 5.92 Å². The standard InChI is InChI=1S/C11H20N2OS/c1-8-5-9(2)13(6-8)11(14)10-7-15-4-3-12-10/h8-10,12H,3-7H2,1-2H3. The number of carbonyl (C=O) groups is 1. The number of rotatable bonds is 1. The Morgan fingerprint density at radius 3 is 2.80 bits per heavy atom. The average molecular weight is 228 g/mol. The summed E-state index contributed by atoms with van der Waals surface area (Å²) in [4.78, 5) is 14.3. The predicted molar refractivity (Wildman–Crippen MR) is 64.1 cm³/mol. The molecule has 3 atom stereocenters. The summed E-state index contributed by atoms with van der Waals surface area (Å²) >= 11 is 1.88. The number of hydrogen-bond donors (Lipinski definition) is 1. The molecule has 2 fully saturated rings. The highest BCUT2D eigenvalue weighted by Gasteiger charge is 2.34. The largest absolute Gasteiger partial charge is 0.338 e. The fraction of sp³-hybridized carbons (Fsp3) is 0.909. The zero-order valence-electron chi connectivity index (χ0n) is 9.53. The van der Waals surface area contributed by atoms with Gasteiger partial charge in [-0.1, -0.05) is 6.92 Å². The Bertz CT molecular complexity index is 241. The molecule has 0 aromatic carbocycles. The SMILES string of the molecule is CC1CC(C)N(C(=O)C2CSCCN2)C1.